The van der Waals surface area contributed by atoms with Gasteiger partial charge in [-0.2, -0.15) is 11.8 Å². The number of hydrogen-bond acceptors (Lipinski definition) is 5. The van der Waals surface area contributed by atoms with Crippen LogP contribution in [0.25, 0.3) is 0 Å². The molecule has 0 spiro atoms. The molecule has 1 aromatic heterocycles. The second kappa shape index (κ2) is 7.92. The van der Waals surface area contributed by atoms with Crippen LogP contribution >= 0.6 is 11.8 Å². The summed E-state index contributed by atoms with van der Waals surface area (Å²) in [7, 11) is 0. The first-order chi connectivity index (χ1) is 10.8. The summed E-state index contributed by atoms with van der Waals surface area (Å²) in [4.78, 5) is 25.6. The van der Waals surface area contributed by atoms with Gasteiger partial charge >= 0.3 is 0 Å². The Balaban J connectivity index is 1.71. The van der Waals surface area contributed by atoms with Crippen LogP contribution in [0.1, 0.15) is 36.2 Å². The Morgan fingerprint density at radius 1 is 1.18 bits per heavy atom. The van der Waals surface area contributed by atoms with Crippen molar-refractivity contribution in [2.75, 3.05) is 37.7 Å². The summed E-state index contributed by atoms with van der Waals surface area (Å²) in [5, 5.41) is 0. The number of carbonyl (C=O) groups is 1. The number of amides is 1. The molecule has 0 N–H and O–H groups in total. The zero-order valence-corrected chi connectivity index (χ0v) is 13.8. The Bertz CT molecular complexity index is 478. The van der Waals surface area contributed by atoms with Gasteiger partial charge in [0.2, 0.25) is 0 Å². The first-order valence-corrected chi connectivity index (χ1v) is 9.37. The lowest BCUT2D eigenvalue weighted by Crippen LogP contribution is -2.49. The first kappa shape index (κ1) is 15.7. The van der Waals surface area contributed by atoms with Crippen LogP contribution in [0, 0.1) is 0 Å². The summed E-state index contributed by atoms with van der Waals surface area (Å²) in [6.07, 6.45) is 9.78. The lowest BCUT2D eigenvalue weighted by Gasteiger charge is -2.35. The van der Waals surface area contributed by atoms with Crippen molar-refractivity contribution in [3.63, 3.8) is 0 Å². The summed E-state index contributed by atoms with van der Waals surface area (Å²) in [5.41, 5.74) is 0.470. The maximum Gasteiger partial charge on any atom is 0.274 e. The maximum atomic E-state index is 12.8. The van der Waals surface area contributed by atoms with Crippen molar-refractivity contribution in [1.29, 1.82) is 0 Å². The normalized spacial score (nSPS) is 24.0. The molecule has 2 fully saturated rings. The van der Waals surface area contributed by atoms with Gasteiger partial charge in [0, 0.05) is 31.2 Å². The Morgan fingerprint density at radius 2 is 2.05 bits per heavy atom. The van der Waals surface area contributed by atoms with Crippen LogP contribution in [0.4, 0.5) is 0 Å². The molecule has 120 valence electrons. The zero-order chi connectivity index (χ0) is 15.2. The van der Waals surface area contributed by atoms with Crippen molar-refractivity contribution in [2.45, 2.75) is 31.7 Å². The fourth-order valence-electron chi connectivity index (χ4n) is 3.24. The van der Waals surface area contributed by atoms with Crippen LogP contribution in [-0.2, 0) is 0 Å². The molecule has 22 heavy (non-hydrogen) atoms. The zero-order valence-electron chi connectivity index (χ0n) is 13.0. The molecule has 2 aliphatic rings. The molecule has 0 bridgehead atoms. The van der Waals surface area contributed by atoms with Gasteiger partial charge in [-0.15, -0.1) is 0 Å². The summed E-state index contributed by atoms with van der Waals surface area (Å²) in [6, 6.07) is 0.292. The van der Waals surface area contributed by atoms with Gasteiger partial charge in [0.05, 0.1) is 12.2 Å². The summed E-state index contributed by atoms with van der Waals surface area (Å²) in [5.74, 6) is 2.21. The van der Waals surface area contributed by atoms with Gasteiger partial charge in [-0.25, -0.2) is 4.98 Å². The van der Waals surface area contributed by atoms with E-state index in [0.29, 0.717) is 11.7 Å². The lowest BCUT2D eigenvalue weighted by molar-refractivity contribution is 0.0639. The molecular weight excluding hydrogens is 296 g/mol. The molecule has 0 aromatic carbocycles. The topological polar surface area (TPSA) is 49.3 Å². The van der Waals surface area contributed by atoms with Crippen LogP contribution in [0.5, 0.6) is 0 Å². The molecule has 6 heteroatoms. The molecular formula is C16H24N4OS. The van der Waals surface area contributed by atoms with Crippen molar-refractivity contribution in [3.05, 3.63) is 24.3 Å². The molecule has 5 nitrogen and oxygen atoms in total. The third-order valence-electron chi connectivity index (χ3n) is 4.40. The maximum absolute atomic E-state index is 12.8. The van der Waals surface area contributed by atoms with E-state index >= 15 is 0 Å². The quantitative estimate of drug-likeness (QED) is 0.851. The Morgan fingerprint density at radius 3 is 2.82 bits per heavy atom. The molecule has 2 saturated heterocycles. The van der Waals surface area contributed by atoms with E-state index in [1.165, 1.54) is 32.4 Å². The highest BCUT2D eigenvalue weighted by Gasteiger charge is 2.29. The SMILES string of the molecule is O=C(c1cnccn1)N1CCCSCC1CN1CCCCC1. The van der Waals surface area contributed by atoms with E-state index in [2.05, 4.69) is 14.9 Å². The minimum atomic E-state index is 0.0395. The minimum absolute atomic E-state index is 0.0395. The van der Waals surface area contributed by atoms with Gasteiger partial charge in [-0.3, -0.25) is 9.78 Å². The third kappa shape index (κ3) is 3.98. The van der Waals surface area contributed by atoms with E-state index in [9.17, 15) is 4.79 Å². The number of rotatable bonds is 3. The van der Waals surface area contributed by atoms with Gasteiger partial charge in [0.1, 0.15) is 5.69 Å². The molecule has 1 amide bonds. The van der Waals surface area contributed by atoms with Gasteiger partial charge in [-0.05, 0) is 38.1 Å². The van der Waals surface area contributed by atoms with Crippen LogP contribution in [0.2, 0.25) is 0 Å². The standard InChI is InChI=1S/C16H24N4OS/c21-16(15-11-17-5-6-18-15)20-9-4-10-22-13-14(20)12-19-7-2-1-3-8-19/h5-6,11,14H,1-4,7-10,12-13H2. The van der Waals surface area contributed by atoms with E-state index in [0.717, 1.165) is 31.0 Å². The fraction of sp³-hybridized carbons (Fsp3) is 0.688. The predicted octanol–water partition coefficient (Wildman–Crippen LogP) is 1.91. The molecule has 0 aliphatic carbocycles. The van der Waals surface area contributed by atoms with E-state index in [4.69, 9.17) is 0 Å². The number of thioether (sulfide) groups is 1. The fourth-order valence-corrected chi connectivity index (χ4v) is 4.30. The summed E-state index contributed by atoms with van der Waals surface area (Å²) in [6.45, 7) is 4.18. The van der Waals surface area contributed by atoms with Crippen LogP contribution in [-0.4, -0.2) is 69.4 Å². The van der Waals surface area contributed by atoms with Crippen LogP contribution < -0.4 is 0 Å². The van der Waals surface area contributed by atoms with Crippen molar-refractivity contribution in [1.82, 2.24) is 19.8 Å². The van der Waals surface area contributed by atoms with E-state index < -0.39 is 0 Å². The number of piperidine rings is 1. The Hall–Kier alpha value is -1.14. The van der Waals surface area contributed by atoms with Gasteiger partial charge in [-0.1, -0.05) is 6.42 Å². The third-order valence-corrected chi connectivity index (χ3v) is 5.60. The molecule has 0 radical (unpaired) electrons. The predicted molar refractivity (Wildman–Crippen MR) is 89.1 cm³/mol. The highest BCUT2D eigenvalue weighted by molar-refractivity contribution is 7.99. The van der Waals surface area contributed by atoms with E-state index in [1.807, 2.05) is 16.7 Å². The molecule has 3 rings (SSSR count). The Labute approximate surface area is 136 Å². The summed E-state index contributed by atoms with van der Waals surface area (Å²) >= 11 is 1.97. The average Bonchev–Trinajstić information content (AvgIpc) is 2.81. The number of carbonyl (C=O) groups excluding carboxylic acids is 1. The average molecular weight is 320 g/mol. The highest BCUT2D eigenvalue weighted by Crippen LogP contribution is 2.20. The number of aromatic nitrogens is 2. The number of nitrogens with zero attached hydrogens (tertiary/aromatic N) is 4. The summed E-state index contributed by atoms with van der Waals surface area (Å²) < 4.78 is 0. The monoisotopic (exact) mass is 320 g/mol. The Kier molecular flexibility index (Phi) is 5.67. The van der Waals surface area contributed by atoms with Gasteiger partial charge in [0.15, 0.2) is 0 Å². The van der Waals surface area contributed by atoms with Crippen molar-refractivity contribution < 1.29 is 4.79 Å². The van der Waals surface area contributed by atoms with Gasteiger partial charge in [0.25, 0.3) is 5.91 Å². The molecule has 2 aliphatic heterocycles. The molecule has 3 heterocycles. The van der Waals surface area contributed by atoms with Gasteiger partial charge < -0.3 is 9.80 Å². The second-order valence-corrected chi connectivity index (χ2v) is 7.18. The number of hydrogen-bond donors (Lipinski definition) is 0. The van der Waals surface area contributed by atoms with Crippen molar-refractivity contribution in [2.24, 2.45) is 0 Å². The first-order valence-electron chi connectivity index (χ1n) is 8.21. The lowest BCUT2D eigenvalue weighted by atomic mass is 10.1. The smallest absolute Gasteiger partial charge is 0.274 e. The van der Waals surface area contributed by atoms with E-state index in [1.54, 1.807) is 18.6 Å². The van der Waals surface area contributed by atoms with Crippen LogP contribution in [0.15, 0.2) is 18.6 Å². The molecule has 1 unspecified atom stereocenters. The largest absolute Gasteiger partial charge is 0.332 e. The number of likely N-dealkylation sites (tertiary alicyclic amines) is 1. The molecule has 0 saturated carbocycles. The van der Waals surface area contributed by atoms with Crippen LogP contribution in [0.3, 0.4) is 0 Å². The molecule has 1 aromatic rings. The second-order valence-electron chi connectivity index (χ2n) is 6.03. The van der Waals surface area contributed by atoms with E-state index in [-0.39, 0.29) is 5.91 Å². The highest BCUT2D eigenvalue weighted by atomic mass is 32.2. The van der Waals surface area contributed by atoms with Crippen molar-refractivity contribution >= 4 is 17.7 Å². The molecule has 1 atom stereocenters. The minimum Gasteiger partial charge on any atom is -0.332 e. The van der Waals surface area contributed by atoms with Crippen molar-refractivity contribution in [3.8, 4) is 0 Å².